The Labute approximate surface area is 76.7 Å². The Morgan fingerprint density at radius 2 is 2.50 bits per heavy atom. The van der Waals surface area contributed by atoms with Crippen LogP contribution in [0.4, 0.5) is 0 Å². The normalized spacial score (nSPS) is 16.9. The van der Waals surface area contributed by atoms with Gasteiger partial charge in [0, 0.05) is 9.52 Å². The van der Waals surface area contributed by atoms with Gasteiger partial charge in [-0.1, -0.05) is 30.0 Å². The Morgan fingerprint density at radius 1 is 1.75 bits per heavy atom. The minimum absolute atomic E-state index is 0. The van der Waals surface area contributed by atoms with Crippen molar-refractivity contribution in [2.45, 2.75) is 13.0 Å². The second-order valence-electron chi connectivity index (χ2n) is 1.81. The third-order valence-corrected chi connectivity index (χ3v) is 2.73. The summed E-state index contributed by atoms with van der Waals surface area (Å²) in [7, 11) is 0.189. The van der Waals surface area contributed by atoms with Gasteiger partial charge in [0.2, 0.25) is 0 Å². The van der Waals surface area contributed by atoms with Crippen LogP contribution in [0, 0.1) is 0 Å². The molecular formula is C6H11NaSi. The van der Waals surface area contributed by atoms with Gasteiger partial charge in [-0.05, 0) is 6.42 Å². The van der Waals surface area contributed by atoms with Crippen molar-refractivity contribution in [3.8, 4) is 0 Å². The Kier molecular flexibility index (Phi) is 4.96. The molecule has 1 aliphatic carbocycles. The molecule has 0 N–H and O–H groups in total. The molecule has 0 saturated carbocycles. The molecule has 0 aromatic carbocycles. The van der Waals surface area contributed by atoms with Crippen molar-refractivity contribution in [3.63, 3.8) is 0 Å². The minimum atomic E-state index is 0. The van der Waals surface area contributed by atoms with Gasteiger partial charge in [-0.3, -0.25) is 0 Å². The van der Waals surface area contributed by atoms with Crippen molar-refractivity contribution < 1.29 is 31.0 Å². The van der Waals surface area contributed by atoms with Gasteiger partial charge < -0.3 is 1.43 Å². The molecular weight excluding hydrogens is 123 g/mol. The van der Waals surface area contributed by atoms with Crippen molar-refractivity contribution in [1.82, 2.24) is 0 Å². The SMILES string of the molecule is C[SiH2]C1=CC=CC1.[H-].[Na+]. The monoisotopic (exact) mass is 134 g/mol. The summed E-state index contributed by atoms with van der Waals surface area (Å²) in [5.41, 5.74) is 0. The molecule has 0 spiro atoms. The van der Waals surface area contributed by atoms with Gasteiger partial charge in [-0.15, -0.1) is 0 Å². The quantitative estimate of drug-likeness (QED) is 0.370. The second-order valence-corrected chi connectivity index (χ2v) is 3.43. The summed E-state index contributed by atoms with van der Waals surface area (Å²) in [6.45, 7) is 2.33. The standard InChI is InChI=1S/C6H10Si.Na.H/c1-7-6-4-2-3-5-6;;/h2-4H,5,7H2,1H3;;/q;+1;-1. The van der Waals surface area contributed by atoms with Crippen molar-refractivity contribution in [1.29, 1.82) is 0 Å². The third kappa shape index (κ3) is 2.31. The first-order valence-electron chi connectivity index (χ1n) is 2.78. The van der Waals surface area contributed by atoms with E-state index in [1.54, 1.807) is 5.20 Å². The summed E-state index contributed by atoms with van der Waals surface area (Å²) in [6, 6.07) is 0. The van der Waals surface area contributed by atoms with E-state index in [1.165, 1.54) is 6.42 Å². The fourth-order valence-electron chi connectivity index (χ4n) is 0.754. The summed E-state index contributed by atoms with van der Waals surface area (Å²) in [6.07, 6.45) is 7.90. The zero-order valence-electron chi connectivity index (χ0n) is 6.65. The second kappa shape index (κ2) is 4.56. The van der Waals surface area contributed by atoms with Crippen LogP contribution in [-0.2, 0) is 0 Å². The summed E-state index contributed by atoms with van der Waals surface area (Å²) < 4.78 is 0. The van der Waals surface area contributed by atoms with Crippen molar-refractivity contribution >= 4 is 9.52 Å². The van der Waals surface area contributed by atoms with Crippen LogP contribution in [0.3, 0.4) is 0 Å². The van der Waals surface area contributed by atoms with Gasteiger partial charge in [0.15, 0.2) is 0 Å². The predicted molar refractivity (Wildman–Crippen MR) is 37.4 cm³/mol. The molecule has 8 heavy (non-hydrogen) atoms. The maximum Gasteiger partial charge on any atom is 1.00 e. The molecule has 0 fully saturated rings. The first-order valence-corrected chi connectivity index (χ1v) is 4.90. The summed E-state index contributed by atoms with van der Waals surface area (Å²) in [4.78, 5) is 0. The molecule has 1 aliphatic rings. The molecule has 0 nitrogen and oxygen atoms in total. The Morgan fingerprint density at radius 3 is 2.75 bits per heavy atom. The smallest absolute Gasteiger partial charge is 1.00 e. The first-order chi connectivity index (χ1) is 3.43. The predicted octanol–water partition coefficient (Wildman–Crippen LogP) is -1.84. The van der Waals surface area contributed by atoms with E-state index in [4.69, 9.17) is 0 Å². The van der Waals surface area contributed by atoms with Gasteiger partial charge in [0.1, 0.15) is 0 Å². The molecule has 2 heteroatoms. The largest absolute Gasteiger partial charge is 1.00 e. The maximum absolute atomic E-state index is 2.33. The van der Waals surface area contributed by atoms with Crippen LogP contribution in [0.1, 0.15) is 7.85 Å². The van der Waals surface area contributed by atoms with E-state index in [0.717, 1.165) is 0 Å². The molecule has 0 aliphatic heterocycles. The molecule has 0 saturated heterocycles. The molecule has 0 aromatic rings. The summed E-state index contributed by atoms with van der Waals surface area (Å²) >= 11 is 0. The van der Waals surface area contributed by atoms with Gasteiger partial charge in [-0.2, -0.15) is 0 Å². The van der Waals surface area contributed by atoms with E-state index in [-0.39, 0.29) is 40.5 Å². The van der Waals surface area contributed by atoms with Crippen LogP contribution >= 0.6 is 0 Å². The van der Waals surface area contributed by atoms with Crippen LogP contribution in [0.25, 0.3) is 0 Å². The third-order valence-electron chi connectivity index (χ3n) is 1.30. The molecule has 40 valence electrons. The van der Waals surface area contributed by atoms with Crippen LogP contribution in [0.15, 0.2) is 23.4 Å². The van der Waals surface area contributed by atoms with Crippen molar-refractivity contribution in [2.75, 3.05) is 0 Å². The van der Waals surface area contributed by atoms with E-state index < -0.39 is 0 Å². The topological polar surface area (TPSA) is 0 Å². The zero-order chi connectivity index (χ0) is 5.11. The van der Waals surface area contributed by atoms with Crippen LogP contribution < -0.4 is 29.6 Å². The fraction of sp³-hybridized carbons (Fsp3) is 0.333. The molecule has 0 bridgehead atoms. The molecule has 0 amide bonds. The zero-order valence-corrected chi connectivity index (χ0v) is 9.06. The number of allylic oxidation sites excluding steroid dienone is 4. The van der Waals surface area contributed by atoms with E-state index in [1.807, 2.05) is 0 Å². The average molecular weight is 134 g/mol. The maximum atomic E-state index is 2.33. The van der Waals surface area contributed by atoms with Crippen LogP contribution in [0.2, 0.25) is 6.55 Å². The average Bonchev–Trinajstić information content (AvgIpc) is 2.14. The van der Waals surface area contributed by atoms with Crippen LogP contribution in [0.5, 0.6) is 0 Å². The van der Waals surface area contributed by atoms with Crippen LogP contribution in [-0.4, -0.2) is 9.52 Å². The van der Waals surface area contributed by atoms with Crippen molar-refractivity contribution in [2.24, 2.45) is 0 Å². The molecule has 0 atom stereocenters. The van der Waals surface area contributed by atoms with Gasteiger partial charge in [0.05, 0.1) is 0 Å². The Bertz CT molecular complexity index is 120. The number of hydrogen-bond acceptors (Lipinski definition) is 0. The van der Waals surface area contributed by atoms with Gasteiger partial charge >= 0.3 is 29.6 Å². The Balaban J connectivity index is 0. The fourth-order valence-corrected chi connectivity index (χ4v) is 1.58. The van der Waals surface area contributed by atoms with E-state index >= 15 is 0 Å². The summed E-state index contributed by atoms with van der Waals surface area (Å²) in [5, 5.41) is 1.69. The molecule has 0 radical (unpaired) electrons. The minimum Gasteiger partial charge on any atom is -1.00 e. The van der Waals surface area contributed by atoms with Gasteiger partial charge in [0.25, 0.3) is 0 Å². The number of rotatable bonds is 1. The molecule has 0 heterocycles. The van der Waals surface area contributed by atoms with E-state index in [9.17, 15) is 0 Å². The first kappa shape index (κ1) is 8.70. The van der Waals surface area contributed by atoms with Crippen molar-refractivity contribution in [3.05, 3.63) is 23.4 Å². The molecule has 0 aromatic heterocycles. The summed E-state index contributed by atoms with van der Waals surface area (Å²) in [5.74, 6) is 0. The molecule has 1 rings (SSSR count). The van der Waals surface area contributed by atoms with Gasteiger partial charge in [-0.25, -0.2) is 0 Å². The Hall–Kier alpha value is 0.697. The van der Waals surface area contributed by atoms with E-state index in [2.05, 4.69) is 24.8 Å². The molecule has 0 unspecified atom stereocenters. The number of hydrogen-bond donors (Lipinski definition) is 0. The van der Waals surface area contributed by atoms with E-state index in [0.29, 0.717) is 0 Å².